The molecule has 0 saturated heterocycles. The summed E-state index contributed by atoms with van der Waals surface area (Å²) in [5, 5.41) is 0. The molecule has 1 N–H and O–H groups in total. The molecule has 0 unspecified atom stereocenters. The van der Waals surface area contributed by atoms with Gasteiger partial charge in [-0.3, -0.25) is 4.98 Å². The molecule has 0 amide bonds. The molecule has 4 heteroatoms. The highest BCUT2D eigenvalue weighted by atomic mass is 16.5. The summed E-state index contributed by atoms with van der Waals surface area (Å²) < 4.78 is 4.67. The average molecular weight is 202 g/mol. The highest BCUT2D eigenvalue weighted by molar-refractivity contribution is 5.95. The van der Waals surface area contributed by atoms with Crippen LogP contribution in [-0.2, 0) is 4.74 Å². The van der Waals surface area contributed by atoms with Gasteiger partial charge in [-0.2, -0.15) is 0 Å². The normalized spacial score (nSPS) is 9.93. The van der Waals surface area contributed by atoms with Gasteiger partial charge in [-0.15, -0.1) is 0 Å². The van der Waals surface area contributed by atoms with Crippen molar-refractivity contribution in [2.45, 2.75) is 0 Å². The molecule has 2 rings (SSSR count). The summed E-state index contributed by atoms with van der Waals surface area (Å²) in [5.74, 6) is -0.376. The number of rotatable bonds is 2. The van der Waals surface area contributed by atoms with Crippen LogP contribution in [0.4, 0.5) is 0 Å². The minimum Gasteiger partial charge on any atom is -0.464 e. The number of nitrogens with zero attached hydrogens (tertiary/aromatic N) is 1. The predicted octanol–water partition coefficient (Wildman–Crippen LogP) is 1.86. The molecule has 2 aromatic heterocycles. The molecule has 0 aliphatic carbocycles. The number of nitrogens with one attached hydrogen (secondary N) is 1. The highest BCUT2D eigenvalue weighted by Crippen LogP contribution is 2.22. The zero-order valence-corrected chi connectivity index (χ0v) is 8.23. The van der Waals surface area contributed by atoms with Crippen molar-refractivity contribution in [1.29, 1.82) is 0 Å². The molecule has 76 valence electrons. The van der Waals surface area contributed by atoms with Crippen LogP contribution in [0.25, 0.3) is 11.1 Å². The van der Waals surface area contributed by atoms with Crippen molar-refractivity contribution in [2.75, 3.05) is 7.11 Å². The van der Waals surface area contributed by atoms with E-state index < -0.39 is 0 Å². The van der Waals surface area contributed by atoms with E-state index in [1.165, 1.54) is 7.11 Å². The first-order chi connectivity index (χ1) is 7.33. The number of H-pyrrole nitrogens is 1. The molecule has 0 bridgehead atoms. The van der Waals surface area contributed by atoms with Crippen LogP contribution in [0.5, 0.6) is 0 Å². The van der Waals surface area contributed by atoms with Gasteiger partial charge in [0.15, 0.2) is 0 Å². The van der Waals surface area contributed by atoms with E-state index in [1.54, 1.807) is 18.6 Å². The standard InChI is InChI=1S/C11H10N2O2/c1-15-11(14)10-9(4-6-13-10)8-3-2-5-12-7-8/h2-7,13H,1H3. The summed E-state index contributed by atoms with van der Waals surface area (Å²) in [6.45, 7) is 0. The number of aromatic amines is 1. The van der Waals surface area contributed by atoms with Gasteiger partial charge in [-0.05, 0) is 12.1 Å². The van der Waals surface area contributed by atoms with Crippen LogP contribution in [-0.4, -0.2) is 23.0 Å². The maximum absolute atomic E-state index is 11.4. The Bertz CT molecular complexity index is 462. The fourth-order valence-electron chi connectivity index (χ4n) is 1.40. The van der Waals surface area contributed by atoms with Crippen molar-refractivity contribution >= 4 is 5.97 Å². The van der Waals surface area contributed by atoms with Crippen LogP contribution in [0.2, 0.25) is 0 Å². The Morgan fingerprint density at radius 3 is 3.00 bits per heavy atom. The lowest BCUT2D eigenvalue weighted by molar-refractivity contribution is 0.0596. The lowest BCUT2D eigenvalue weighted by Crippen LogP contribution is -2.03. The summed E-state index contributed by atoms with van der Waals surface area (Å²) in [5.41, 5.74) is 2.14. The van der Waals surface area contributed by atoms with E-state index in [1.807, 2.05) is 18.2 Å². The summed E-state index contributed by atoms with van der Waals surface area (Å²) in [7, 11) is 1.36. The molecule has 0 aliphatic heterocycles. The molecule has 0 fully saturated rings. The highest BCUT2D eigenvalue weighted by Gasteiger charge is 2.13. The molecular weight excluding hydrogens is 192 g/mol. The second-order valence-corrected chi connectivity index (χ2v) is 3.00. The van der Waals surface area contributed by atoms with Crippen molar-refractivity contribution < 1.29 is 9.53 Å². The number of carbonyl (C=O) groups excluding carboxylic acids is 1. The topological polar surface area (TPSA) is 55.0 Å². The van der Waals surface area contributed by atoms with Gasteiger partial charge < -0.3 is 9.72 Å². The van der Waals surface area contributed by atoms with Crippen LogP contribution in [0.3, 0.4) is 0 Å². The van der Waals surface area contributed by atoms with E-state index in [9.17, 15) is 4.79 Å². The largest absolute Gasteiger partial charge is 0.464 e. The van der Waals surface area contributed by atoms with Crippen LogP contribution >= 0.6 is 0 Å². The van der Waals surface area contributed by atoms with Crippen LogP contribution < -0.4 is 0 Å². The smallest absolute Gasteiger partial charge is 0.355 e. The van der Waals surface area contributed by atoms with E-state index in [2.05, 4.69) is 14.7 Å². The zero-order chi connectivity index (χ0) is 10.7. The Labute approximate surface area is 86.9 Å². The van der Waals surface area contributed by atoms with Crippen LogP contribution in [0.1, 0.15) is 10.5 Å². The third-order valence-corrected chi connectivity index (χ3v) is 2.11. The minimum atomic E-state index is -0.376. The van der Waals surface area contributed by atoms with E-state index in [0.29, 0.717) is 5.69 Å². The Balaban J connectivity index is 2.46. The maximum atomic E-state index is 11.4. The number of pyridine rings is 1. The van der Waals surface area contributed by atoms with E-state index >= 15 is 0 Å². The van der Waals surface area contributed by atoms with E-state index in [-0.39, 0.29) is 5.97 Å². The number of aromatic nitrogens is 2. The number of hydrogen-bond donors (Lipinski definition) is 1. The second-order valence-electron chi connectivity index (χ2n) is 3.00. The molecule has 0 aliphatic rings. The van der Waals surface area contributed by atoms with E-state index in [4.69, 9.17) is 0 Å². The third-order valence-electron chi connectivity index (χ3n) is 2.11. The number of ether oxygens (including phenoxy) is 1. The van der Waals surface area contributed by atoms with Crippen LogP contribution in [0, 0.1) is 0 Å². The number of methoxy groups -OCH3 is 1. The Morgan fingerprint density at radius 1 is 1.47 bits per heavy atom. The Morgan fingerprint density at radius 2 is 2.33 bits per heavy atom. The average Bonchev–Trinajstić information content (AvgIpc) is 2.78. The van der Waals surface area contributed by atoms with Crippen molar-refractivity contribution in [3.8, 4) is 11.1 Å². The molecule has 0 aromatic carbocycles. The molecule has 0 atom stereocenters. The van der Waals surface area contributed by atoms with Gasteiger partial charge in [0.1, 0.15) is 5.69 Å². The number of hydrogen-bond acceptors (Lipinski definition) is 3. The van der Waals surface area contributed by atoms with Gasteiger partial charge in [-0.1, -0.05) is 6.07 Å². The fourth-order valence-corrected chi connectivity index (χ4v) is 1.40. The lowest BCUT2D eigenvalue weighted by atomic mass is 10.1. The summed E-state index contributed by atoms with van der Waals surface area (Å²) in [6, 6.07) is 5.54. The maximum Gasteiger partial charge on any atom is 0.355 e. The van der Waals surface area contributed by atoms with Gasteiger partial charge in [0, 0.05) is 29.7 Å². The molecule has 0 radical (unpaired) electrons. The minimum absolute atomic E-state index is 0.376. The molecule has 4 nitrogen and oxygen atoms in total. The zero-order valence-electron chi connectivity index (χ0n) is 8.23. The Hall–Kier alpha value is -2.10. The van der Waals surface area contributed by atoms with Gasteiger partial charge in [0.25, 0.3) is 0 Å². The van der Waals surface area contributed by atoms with Gasteiger partial charge in [0.2, 0.25) is 0 Å². The SMILES string of the molecule is COC(=O)c1[nH]ccc1-c1cccnc1. The quantitative estimate of drug-likeness (QED) is 0.756. The van der Waals surface area contributed by atoms with Crippen molar-refractivity contribution in [3.05, 3.63) is 42.5 Å². The molecule has 2 aromatic rings. The second kappa shape index (κ2) is 3.96. The molecule has 2 heterocycles. The first-order valence-corrected chi connectivity index (χ1v) is 4.49. The van der Waals surface area contributed by atoms with Crippen molar-refractivity contribution in [1.82, 2.24) is 9.97 Å². The first kappa shape index (κ1) is 9.45. The third kappa shape index (κ3) is 1.74. The summed E-state index contributed by atoms with van der Waals surface area (Å²) in [4.78, 5) is 18.2. The molecule has 15 heavy (non-hydrogen) atoms. The molecule has 0 saturated carbocycles. The lowest BCUT2D eigenvalue weighted by Gasteiger charge is -2.01. The summed E-state index contributed by atoms with van der Waals surface area (Å²) >= 11 is 0. The van der Waals surface area contributed by atoms with Crippen molar-refractivity contribution in [2.24, 2.45) is 0 Å². The Kier molecular flexibility index (Phi) is 2.49. The molecule has 0 spiro atoms. The summed E-state index contributed by atoms with van der Waals surface area (Å²) in [6.07, 6.45) is 5.10. The van der Waals surface area contributed by atoms with Gasteiger partial charge >= 0.3 is 5.97 Å². The van der Waals surface area contributed by atoms with Crippen molar-refractivity contribution in [3.63, 3.8) is 0 Å². The predicted molar refractivity (Wildman–Crippen MR) is 55.4 cm³/mol. The van der Waals surface area contributed by atoms with Crippen LogP contribution in [0.15, 0.2) is 36.8 Å². The van der Waals surface area contributed by atoms with Gasteiger partial charge in [0.05, 0.1) is 7.11 Å². The van der Waals surface area contributed by atoms with E-state index in [0.717, 1.165) is 11.1 Å². The first-order valence-electron chi connectivity index (χ1n) is 4.49. The fraction of sp³-hybridized carbons (Fsp3) is 0.0909. The monoisotopic (exact) mass is 202 g/mol. The number of carbonyl (C=O) groups is 1. The number of esters is 1. The van der Waals surface area contributed by atoms with Gasteiger partial charge in [-0.25, -0.2) is 4.79 Å². The molecular formula is C11H10N2O2.